The molecule has 19 heavy (non-hydrogen) atoms. The average Bonchev–Trinajstić information content (AvgIpc) is 2.43. The van der Waals surface area contributed by atoms with Gasteiger partial charge in [0, 0.05) is 11.8 Å². The van der Waals surface area contributed by atoms with E-state index in [0.29, 0.717) is 19.3 Å². The number of primary amides is 1. The lowest BCUT2D eigenvalue weighted by Crippen LogP contribution is -2.45. The van der Waals surface area contributed by atoms with Crippen LogP contribution in [0.15, 0.2) is 0 Å². The lowest BCUT2D eigenvalue weighted by molar-refractivity contribution is -0.135. The minimum absolute atomic E-state index is 0.198. The summed E-state index contributed by atoms with van der Waals surface area (Å²) in [4.78, 5) is 23.5. The number of amides is 2. The van der Waals surface area contributed by atoms with Gasteiger partial charge in [0.15, 0.2) is 0 Å². The molecule has 106 valence electrons. The van der Waals surface area contributed by atoms with Gasteiger partial charge < -0.3 is 11.1 Å². The van der Waals surface area contributed by atoms with E-state index in [1.54, 1.807) is 11.8 Å². The highest BCUT2D eigenvalue weighted by Gasteiger charge is 2.35. The number of nitrogens with one attached hydrogen (secondary N) is 1. The first-order valence-corrected chi connectivity index (χ1v) is 7.97. The number of carbonyl (C=O) groups excluding carboxylic acids is 2. The van der Waals surface area contributed by atoms with Gasteiger partial charge >= 0.3 is 0 Å². The highest BCUT2D eigenvalue weighted by Crippen LogP contribution is 2.30. The van der Waals surface area contributed by atoms with Crippen LogP contribution in [-0.2, 0) is 9.59 Å². The van der Waals surface area contributed by atoms with Gasteiger partial charge in [0.25, 0.3) is 0 Å². The molecule has 6 heteroatoms. The van der Waals surface area contributed by atoms with Crippen molar-refractivity contribution in [3.8, 4) is 6.07 Å². The molecule has 1 rings (SSSR count). The molecule has 1 saturated carbocycles. The number of nitrogens with two attached hydrogens (primary N) is 1. The standard InChI is InChI=1S/C13H21N3O2S/c1-19-7-6-9(8-14)16-13(18)11-5-3-2-4-10(11)12(15)17/h9-11H,2-7H2,1H3,(H2,15,17)(H,16,18)/t9-,10-,11+/m0/s1. The van der Waals surface area contributed by atoms with Crippen LogP contribution >= 0.6 is 11.8 Å². The van der Waals surface area contributed by atoms with Gasteiger partial charge in [-0.05, 0) is 31.3 Å². The lowest BCUT2D eigenvalue weighted by Gasteiger charge is -2.28. The normalized spacial score (nSPS) is 24.2. The third-order valence-electron chi connectivity index (χ3n) is 3.55. The van der Waals surface area contributed by atoms with E-state index in [0.717, 1.165) is 18.6 Å². The van der Waals surface area contributed by atoms with E-state index in [1.807, 2.05) is 6.26 Å². The summed E-state index contributed by atoms with van der Waals surface area (Å²) in [7, 11) is 0. The Morgan fingerprint density at radius 1 is 1.42 bits per heavy atom. The Morgan fingerprint density at radius 2 is 2.05 bits per heavy atom. The molecule has 0 heterocycles. The molecule has 0 aromatic rings. The SMILES string of the molecule is CSCC[C@@H](C#N)NC(=O)[C@@H]1CCCC[C@@H]1C(N)=O. The number of hydrogen-bond acceptors (Lipinski definition) is 4. The second-order valence-electron chi connectivity index (χ2n) is 4.87. The van der Waals surface area contributed by atoms with Crippen LogP contribution in [0.4, 0.5) is 0 Å². The van der Waals surface area contributed by atoms with Gasteiger partial charge in [-0.1, -0.05) is 12.8 Å². The van der Waals surface area contributed by atoms with Crippen molar-refractivity contribution in [2.45, 2.75) is 38.1 Å². The molecule has 0 aromatic carbocycles. The molecule has 0 bridgehead atoms. The van der Waals surface area contributed by atoms with Crippen LogP contribution in [0.1, 0.15) is 32.1 Å². The van der Waals surface area contributed by atoms with Crippen molar-refractivity contribution in [1.82, 2.24) is 5.32 Å². The minimum atomic E-state index is -0.476. The molecule has 1 aliphatic carbocycles. The van der Waals surface area contributed by atoms with E-state index in [4.69, 9.17) is 11.0 Å². The lowest BCUT2D eigenvalue weighted by atomic mass is 9.78. The summed E-state index contributed by atoms with van der Waals surface area (Å²) in [6, 6.07) is 1.61. The maximum absolute atomic E-state index is 12.2. The summed E-state index contributed by atoms with van der Waals surface area (Å²) in [5, 5.41) is 11.7. The van der Waals surface area contributed by atoms with Crippen LogP contribution < -0.4 is 11.1 Å². The monoisotopic (exact) mass is 283 g/mol. The Balaban J connectivity index is 2.59. The van der Waals surface area contributed by atoms with Gasteiger partial charge in [-0.15, -0.1) is 0 Å². The van der Waals surface area contributed by atoms with Crippen LogP contribution in [0.5, 0.6) is 0 Å². The highest BCUT2D eigenvalue weighted by molar-refractivity contribution is 7.98. The van der Waals surface area contributed by atoms with Crippen molar-refractivity contribution >= 4 is 23.6 Å². The van der Waals surface area contributed by atoms with Crippen molar-refractivity contribution in [2.24, 2.45) is 17.6 Å². The fraction of sp³-hybridized carbons (Fsp3) is 0.769. The molecule has 2 amide bonds. The van der Waals surface area contributed by atoms with Gasteiger partial charge in [-0.25, -0.2) is 0 Å². The van der Waals surface area contributed by atoms with Crippen molar-refractivity contribution in [1.29, 1.82) is 5.26 Å². The van der Waals surface area contributed by atoms with Crippen LogP contribution in [0.2, 0.25) is 0 Å². The first-order valence-electron chi connectivity index (χ1n) is 6.58. The summed E-state index contributed by atoms with van der Waals surface area (Å²) in [6.45, 7) is 0. The molecule has 0 saturated heterocycles. The molecule has 0 aromatic heterocycles. The molecular weight excluding hydrogens is 262 g/mol. The van der Waals surface area contributed by atoms with Gasteiger partial charge in [-0.2, -0.15) is 17.0 Å². The first-order chi connectivity index (χ1) is 9.10. The third kappa shape index (κ3) is 4.75. The van der Waals surface area contributed by atoms with E-state index in [2.05, 4.69) is 11.4 Å². The fourth-order valence-electron chi connectivity index (χ4n) is 2.47. The van der Waals surface area contributed by atoms with Crippen LogP contribution in [0, 0.1) is 23.2 Å². The summed E-state index contributed by atoms with van der Waals surface area (Å²) >= 11 is 1.64. The molecule has 0 radical (unpaired) electrons. The molecule has 3 N–H and O–H groups in total. The zero-order chi connectivity index (χ0) is 14.3. The van der Waals surface area contributed by atoms with Crippen LogP contribution in [0.3, 0.4) is 0 Å². The van der Waals surface area contributed by atoms with Crippen LogP contribution in [-0.4, -0.2) is 29.9 Å². The largest absolute Gasteiger partial charge is 0.369 e. The van der Waals surface area contributed by atoms with E-state index in [9.17, 15) is 9.59 Å². The van der Waals surface area contributed by atoms with Gasteiger partial charge in [-0.3, -0.25) is 9.59 Å². The maximum atomic E-state index is 12.2. The fourth-order valence-corrected chi connectivity index (χ4v) is 2.94. The molecule has 0 aliphatic heterocycles. The molecule has 0 spiro atoms. The molecule has 0 unspecified atom stereocenters. The predicted octanol–water partition coefficient (Wildman–Crippen LogP) is 1.04. The van der Waals surface area contributed by atoms with Crippen molar-refractivity contribution in [3.05, 3.63) is 0 Å². The second kappa shape index (κ2) is 8.05. The molecule has 3 atom stereocenters. The Labute approximate surface area is 118 Å². The van der Waals surface area contributed by atoms with Gasteiger partial charge in [0.1, 0.15) is 6.04 Å². The molecule has 1 fully saturated rings. The summed E-state index contributed by atoms with van der Waals surface area (Å²) < 4.78 is 0. The maximum Gasteiger partial charge on any atom is 0.224 e. The topological polar surface area (TPSA) is 96.0 Å². The quantitative estimate of drug-likeness (QED) is 0.761. The number of nitrogens with zero attached hydrogens (tertiary/aromatic N) is 1. The summed E-state index contributed by atoms with van der Waals surface area (Å²) in [5.74, 6) is -0.527. The Morgan fingerprint density at radius 3 is 2.58 bits per heavy atom. The number of carbonyl (C=O) groups is 2. The number of rotatable bonds is 6. The van der Waals surface area contributed by atoms with Gasteiger partial charge in [0.2, 0.25) is 11.8 Å². The smallest absolute Gasteiger partial charge is 0.224 e. The Hall–Kier alpha value is -1.22. The Kier molecular flexibility index (Phi) is 6.71. The van der Waals surface area contributed by atoms with Gasteiger partial charge in [0.05, 0.1) is 6.07 Å². The van der Waals surface area contributed by atoms with E-state index < -0.39 is 11.9 Å². The predicted molar refractivity (Wildman–Crippen MR) is 75.2 cm³/mol. The van der Waals surface area contributed by atoms with Crippen molar-refractivity contribution < 1.29 is 9.59 Å². The Bertz CT molecular complexity index is 367. The summed E-state index contributed by atoms with van der Waals surface area (Å²) in [6.07, 6.45) is 5.81. The van der Waals surface area contributed by atoms with E-state index in [1.165, 1.54) is 0 Å². The molecule has 5 nitrogen and oxygen atoms in total. The molecular formula is C13H21N3O2S. The number of nitriles is 1. The van der Waals surface area contributed by atoms with E-state index >= 15 is 0 Å². The zero-order valence-corrected chi connectivity index (χ0v) is 12.0. The first kappa shape index (κ1) is 15.8. The van der Waals surface area contributed by atoms with Crippen LogP contribution in [0.25, 0.3) is 0 Å². The van der Waals surface area contributed by atoms with Crippen molar-refractivity contribution in [3.63, 3.8) is 0 Å². The highest BCUT2D eigenvalue weighted by atomic mass is 32.2. The average molecular weight is 283 g/mol. The number of hydrogen-bond donors (Lipinski definition) is 2. The van der Waals surface area contributed by atoms with Crippen molar-refractivity contribution in [2.75, 3.05) is 12.0 Å². The zero-order valence-electron chi connectivity index (χ0n) is 11.2. The number of thioether (sulfide) groups is 1. The third-order valence-corrected chi connectivity index (χ3v) is 4.20. The minimum Gasteiger partial charge on any atom is -0.369 e. The van der Waals surface area contributed by atoms with E-state index in [-0.39, 0.29) is 17.7 Å². The molecule has 1 aliphatic rings. The summed E-state index contributed by atoms with van der Waals surface area (Å²) in [5.41, 5.74) is 5.35. The second-order valence-corrected chi connectivity index (χ2v) is 5.86.